The highest BCUT2D eigenvalue weighted by Crippen LogP contribution is 2.24. The van der Waals surface area contributed by atoms with Gasteiger partial charge in [0.05, 0.1) is 0 Å². The normalized spacial score (nSPS) is 11.0. The third-order valence-corrected chi connectivity index (χ3v) is 3.64. The number of nitrogens with one attached hydrogen (secondary N) is 1. The largest absolute Gasteiger partial charge is 0.352 e. The van der Waals surface area contributed by atoms with Crippen LogP contribution in [0, 0.1) is 19.3 Å². The minimum Gasteiger partial charge on any atom is -0.352 e. The Kier molecular flexibility index (Phi) is 5.85. The smallest absolute Gasteiger partial charge is 0.246 e. The molecule has 0 aliphatic rings. The van der Waals surface area contributed by atoms with Gasteiger partial charge in [-0.25, -0.2) is 0 Å². The number of amides is 1. The lowest BCUT2D eigenvalue weighted by Crippen LogP contribution is -2.24. The summed E-state index contributed by atoms with van der Waals surface area (Å²) in [5, 5.41) is 2.86. The van der Waals surface area contributed by atoms with Gasteiger partial charge < -0.3 is 5.32 Å². The average Bonchev–Trinajstić information content (AvgIpc) is 2.40. The van der Waals surface area contributed by atoms with E-state index >= 15 is 0 Å². The molecule has 1 aromatic rings. The van der Waals surface area contributed by atoms with Crippen molar-refractivity contribution in [1.29, 1.82) is 0 Å². The van der Waals surface area contributed by atoms with Gasteiger partial charge in [-0.2, -0.15) is 0 Å². The minimum atomic E-state index is -0.0384. The molecule has 0 aliphatic carbocycles. The van der Waals surface area contributed by atoms with E-state index in [4.69, 9.17) is 6.42 Å². The van der Waals surface area contributed by atoms with Crippen LogP contribution < -0.4 is 5.32 Å². The Morgan fingerprint density at radius 2 is 2.21 bits per heavy atom. The third-order valence-electron chi connectivity index (χ3n) is 2.82. The van der Waals surface area contributed by atoms with Crippen LogP contribution >= 0.6 is 15.9 Å². The van der Waals surface area contributed by atoms with Gasteiger partial charge in [0.15, 0.2) is 0 Å². The fourth-order valence-corrected chi connectivity index (χ4v) is 2.09. The van der Waals surface area contributed by atoms with Crippen molar-refractivity contribution >= 4 is 27.9 Å². The summed E-state index contributed by atoms with van der Waals surface area (Å²) in [5.74, 6) is 2.57. The highest BCUT2D eigenvalue weighted by molar-refractivity contribution is 9.10. The van der Waals surface area contributed by atoms with Crippen LogP contribution in [0.3, 0.4) is 0 Å². The fourth-order valence-electron chi connectivity index (χ4n) is 1.61. The molecule has 1 amide bonds. The van der Waals surface area contributed by atoms with Gasteiger partial charge in [-0.3, -0.25) is 4.79 Å². The molecule has 0 spiro atoms. The zero-order valence-corrected chi connectivity index (χ0v) is 13.1. The number of carbonyl (C=O) groups is 1. The molecule has 0 saturated carbocycles. The highest BCUT2D eigenvalue weighted by Gasteiger charge is 2.07. The van der Waals surface area contributed by atoms with E-state index in [2.05, 4.69) is 27.2 Å². The summed E-state index contributed by atoms with van der Waals surface area (Å²) in [6.45, 7) is 6.52. The van der Waals surface area contributed by atoms with Crippen molar-refractivity contribution in [2.24, 2.45) is 0 Å². The van der Waals surface area contributed by atoms with E-state index in [0.29, 0.717) is 12.1 Å². The van der Waals surface area contributed by atoms with Gasteiger partial charge in [0, 0.05) is 22.2 Å². The number of hydrogen-bond acceptors (Lipinski definition) is 1. The quantitative estimate of drug-likeness (QED) is 0.666. The van der Waals surface area contributed by atoms with Crippen LogP contribution in [0.4, 0.5) is 0 Å². The van der Waals surface area contributed by atoms with Crippen molar-refractivity contribution in [3.63, 3.8) is 0 Å². The Bertz CT molecular complexity index is 553. The van der Waals surface area contributed by atoms with E-state index in [1.807, 2.05) is 32.1 Å². The Morgan fingerprint density at radius 1 is 1.53 bits per heavy atom. The van der Waals surface area contributed by atoms with E-state index in [9.17, 15) is 4.79 Å². The summed E-state index contributed by atoms with van der Waals surface area (Å²) in [6.07, 6.45) is 8.22. The molecule has 19 heavy (non-hydrogen) atoms. The van der Waals surface area contributed by atoms with Crippen molar-refractivity contribution in [2.75, 3.05) is 6.54 Å². The van der Waals surface area contributed by atoms with Crippen LogP contribution in [-0.4, -0.2) is 12.5 Å². The van der Waals surface area contributed by atoms with Crippen LogP contribution in [0.25, 0.3) is 6.08 Å². The van der Waals surface area contributed by atoms with Gasteiger partial charge >= 0.3 is 0 Å². The van der Waals surface area contributed by atoms with Crippen molar-refractivity contribution in [3.8, 4) is 12.3 Å². The van der Waals surface area contributed by atoms with Crippen molar-refractivity contribution < 1.29 is 4.79 Å². The molecule has 0 aromatic heterocycles. The van der Waals surface area contributed by atoms with Gasteiger partial charge in [0.2, 0.25) is 5.91 Å². The lowest BCUT2D eigenvalue weighted by molar-refractivity contribution is -0.117. The zero-order valence-electron chi connectivity index (χ0n) is 11.5. The van der Waals surface area contributed by atoms with E-state index in [0.717, 1.165) is 27.6 Å². The van der Waals surface area contributed by atoms with Gasteiger partial charge in [0.1, 0.15) is 0 Å². The summed E-state index contributed by atoms with van der Waals surface area (Å²) in [5.41, 5.74) is 3.51. The lowest BCUT2D eigenvalue weighted by atomic mass is 10.0. The Balaban J connectivity index is 3.07. The van der Waals surface area contributed by atoms with E-state index in [-0.39, 0.29) is 5.91 Å². The van der Waals surface area contributed by atoms with Gasteiger partial charge in [-0.1, -0.05) is 28.8 Å². The first-order valence-corrected chi connectivity index (χ1v) is 7.02. The maximum atomic E-state index is 11.8. The first kappa shape index (κ1) is 15.5. The van der Waals surface area contributed by atoms with Crippen LogP contribution in [0.2, 0.25) is 0 Å². The van der Waals surface area contributed by atoms with Crippen LogP contribution in [0.15, 0.2) is 22.2 Å². The number of hydrogen-bond donors (Lipinski definition) is 1. The second-order valence-corrected chi connectivity index (χ2v) is 5.25. The molecule has 0 unspecified atom stereocenters. The molecule has 0 atom stereocenters. The Morgan fingerprint density at radius 3 is 2.79 bits per heavy atom. The van der Waals surface area contributed by atoms with Crippen molar-refractivity contribution in [1.82, 2.24) is 5.32 Å². The fraction of sp³-hybridized carbons (Fsp3) is 0.312. The van der Waals surface area contributed by atoms with Crippen molar-refractivity contribution in [2.45, 2.75) is 27.2 Å². The van der Waals surface area contributed by atoms with Gasteiger partial charge in [-0.05, 0) is 49.6 Å². The first-order chi connectivity index (χ1) is 8.99. The summed E-state index contributed by atoms with van der Waals surface area (Å²) in [6, 6.07) is 3.82. The first-order valence-electron chi connectivity index (χ1n) is 6.22. The molecule has 0 saturated heterocycles. The summed E-state index contributed by atoms with van der Waals surface area (Å²) in [7, 11) is 0. The maximum Gasteiger partial charge on any atom is 0.246 e. The Labute approximate surface area is 123 Å². The van der Waals surface area contributed by atoms with Crippen molar-refractivity contribution in [3.05, 3.63) is 38.9 Å². The number of terminal acetylenes is 1. The van der Waals surface area contributed by atoms with E-state index in [1.165, 1.54) is 0 Å². The van der Waals surface area contributed by atoms with Gasteiger partial charge in [-0.15, -0.1) is 6.42 Å². The average molecular weight is 320 g/mol. The highest BCUT2D eigenvalue weighted by atomic mass is 79.9. The maximum absolute atomic E-state index is 11.8. The molecule has 0 heterocycles. The molecule has 0 radical (unpaired) electrons. The molecule has 0 bridgehead atoms. The van der Waals surface area contributed by atoms with E-state index < -0.39 is 0 Å². The second kappa shape index (κ2) is 7.16. The number of carbonyl (C=O) groups excluding carboxylic acids is 1. The molecule has 100 valence electrons. The van der Waals surface area contributed by atoms with Crippen LogP contribution in [0.5, 0.6) is 0 Å². The second-order valence-electron chi connectivity index (χ2n) is 4.40. The Hall–Kier alpha value is -1.53. The molecular formula is C16H18BrNO. The number of rotatable bonds is 4. The summed E-state index contributed by atoms with van der Waals surface area (Å²) < 4.78 is 0.955. The van der Waals surface area contributed by atoms with Crippen LogP contribution in [-0.2, 0) is 4.79 Å². The molecule has 1 aromatic carbocycles. The summed E-state index contributed by atoms with van der Waals surface area (Å²) in [4.78, 5) is 11.8. The zero-order chi connectivity index (χ0) is 14.4. The van der Waals surface area contributed by atoms with Gasteiger partial charge in [0.25, 0.3) is 0 Å². The topological polar surface area (TPSA) is 29.1 Å². The standard InChI is InChI=1S/C16H18BrNO/c1-5-7-18-16(19)11(3)8-14-9-13(6-2)10-15(17)12(14)4/h2,8-10H,5,7H2,1,3-4H3,(H,18,19)/b11-8+. The minimum absolute atomic E-state index is 0.0384. The monoisotopic (exact) mass is 319 g/mol. The molecule has 0 aliphatic heterocycles. The molecule has 1 rings (SSSR count). The molecule has 2 nitrogen and oxygen atoms in total. The molecule has 0 fully saturated rings. The SMILES string of the molecule is C#Cc1cc(Br)c(C)c(/C=C(\C)C(=O)NCCC)c1. The number of benzene rings is 1. The molecular weight excluding hydrogens is 302 g/mol. The predicted octanol–water partition coefficient (Wildman–Crippen LogP) is 3.67. The predicted molar refractivity (Wildman–Crippen MR) is 83.8 cm³/mol. The molecule has 1 N–H and O–H groups in total. The molecule has 3 heteroatoms. The summed E-state index contributed by atoms with van der Waals surface area (Å²) >= 11 is 3.48. The van der Waals surface area contributed by atoms with Crippen LogP contribution in [0.1, 0.15) is 37.0 Å². The number of halogens is 1. The van der Waals surface area contributed by atoms with E-state index in [1.54, 1.807) is 6.92 Å². The third kappa shape index (κ3) is 4.25. The lowest BCUT2D eigenvalue weighted by Gasteiger charge is -2.08.